The lowest BCUT2D eigenvalue weighted by atomic mass is 10.3. The van der Waals surface area contributed by atoms with Crippen LogP contribution in [0.15, 0.2) is 24.3 Å². The molecule has 0 aromatic heterocycles. The Bertz CT molecular complexity index is 453. The molecule has 4 nitrogen and oxygen atoms in total. The van der Waals surface area contributed by atoms with E-state index in [4.69, 9.17) is 16.3 Å². The van der Waals surface area contributed by atoms with Gasteiger partial charge in [-0.1, -0.05) is 17.7 Å². The molecule has 6 heteroatoms. The Hall–Kier alpha value is -1.20. The lowest BCUT2D eigenvalue weighted by Gasteiger charge is -2.11. The summed E-state index contributed by atoms with van der Waals surface area (Å²) in [6, 6.07) is 6.92. The van der Waals surface area contributed by atoms with Crippen LogP contribution in [0.3, 0.4) is 0 Å². The number of hydrogen-bond donors (Lipinski definition) is 1. The van der Waals surface area contributed by atoms with Crippen molar-refractivity contribution in [2.75, 3.05) is 17.7 Å². The molecule has 1 amide bonds. The van der Waals surface area contributed by atoms with Crippen molar-refractivity contribution in [2.45, 2.75) is 19.1 Å². The number of hydrogen-bond acceptors (Lipinski definition) is 4. The number of ether oxygens (including phenoxy) is 1. The van der Waals surface area contributed by atoms with E-state index >= 15 is 0 Å². The van der Waals surface area contributed by atoms with Crippen molar-refractivity contribution in [2.24, 2.45) is 0 Å². The van der Waals surface area contributed by atoms with Crippen LogP contribution < -0.4 is 5.32 Å². The van der Waals surface area contributed by atoms with Crippen LogP contribution in [-0.4, -0.2) is 29.5 Å². The van der Waals surface area contributed by atoms with E-state index in [-0.39, 0.29) is 22.9 Å². The van der Waals surface area contributed by atoms with Crippen molar-refractivity contribution < 1.29 is 14.3 Å². The molecule has 0 aliphatic rings. The molecule has 0 saturated carbocycles. The first-order valence-corrected chi connectivity index (χ1v) is 7.29. The SMILES string of the molecule is CCOC(=O)CSC(C)C(=O)Nc1cccc(Cl)c1. The Labute approximate surface area is 121 Å². The number of anilines is 1. The van der Waals surface area contributed by atoms with Gasteiger partial charge in [0.05, 0.1) is 17.6 Å². The predicted molar refractivity (Wildman–Crippen MR) is 78.6 cm³/mol. The summed E-state index contributed by atoms with van der Waals surface area (Å²) in [5.41, 5.74) is 0.640. The van der Waals surface area contributed by atoms with E-state index in [2.05, 4.69) is 5.32 Å². The van der Waals surface area contributed by atoms with Gasteiger partial charge >= 0.3 is 5.97 Å². The van der Waals surface area contributed by atoms with Gasteiger partial charge in [-0.25, -0.2) is 0 Å². The molecule has 1 unspecified atom stereocenters. The van der Waals surface area contributed by atoms with Gasteiger partial charge in [0.15, 0.2) is 0 Å². The van der Waals surface area contributed by atoms with Gasteiger partial charge in [0.25, 0.3) is 0 Å². The topological polar surface area (TPSA) is 55.4 Å². The summed E-state index contributed by atoms with van der Waals surface area (Å²) in [5.74, 6) is -0.315. The summed E-state index contributed by atoms with van der Waals surface area (Å²) in [7, 11) is 0. The number of carbonyl (C=O) groups is 2. The van der Waals surface area contributed by atoms with E-state index in [9.17, 15) is 9.59 Å². The molecule has 0 spiro atoms. The first-order valence-electron chi connectivity index (χ1n) is 5.86. The third-order valence-corrected chi connectivity index (χ3v) is 3.57. The fraction of sp³-hybridized carbons (Fsp3) is 0.385. The Morgan fingerprint density at radius 1 is 1.47 bits per heavy atom. The molecule has 0 heterocycles. The number of amides is 1. The maximum Gasteiger partial charge on any atom is 0.315 e. The molecule has 1 N–H and O–H groups in total. The van der Waals surface area contributed by atoms with Crippen LogP contribution in [-0.2, 0) is 14.3 Å². The molecule has 0 aliphatic carbocycles. The van der Waals surface area contributed by atoms with E-state index in [1.165, 1.54) is 11.8 Å². The van der Waals surface area contributed by atoms with E-state index in [1.54, 1.807) is 38.1 Å². The molecule has 1 rings (SSSR count). The molecular formula is C13H16ClNO3S. The standard InChI is InChI=1S/C13H16ClNO3S/c1-3-18-12(16)8-19-9(2)13(17)15-11-6-4-5-10(14)7-11/h4-7,9H,3,8H2,1-2H3,(H,15,17). The Morgan fingerprint density at radius 3 is 2.84 bits per heavy atom. The van der Waals surface area contributed by atoms with Crippen LogP contribution in [0.5, 0.6) is 0 Å². The maximum absolute atomic E-state index is 11.9. The highest BCUT2D eigenvalue weighted by Gasteiger charge is 2.15. The van der Waals surface area contributed by atoms with Crippen LogP contribution >= 0.6 is 23.4 Å². The average molecular weight is 302 g/mol. The molecule has 19 heavy (non-hydrogen) atoms. The molecule has 0 bridgehead atoms. The van der Waals surface area contributed by atoms with Crippen LogP contribution in [0.25, 0.3) is 0 Å². The fourth-order valence-electron chi connectivity index (χ4n) is 1.28. The van der Waals surface area contributed by atoms with Crippen molar-refractivity contribution in [3.63, 3.8) is 0 Å². The van der Waals surface area contributed by atoms with Gasteiger partial charge < -0.3 is 10.1 Å². The quantitative estimate of drug-likeness (QED) is 0.821. The second kappa shape index (κ2) is 8.07. The maximum atomic E-state index is 11.9. The zero-order chi connectivity index (χ0) is 14.3. The molecule has 104 valence electrons. The van der Waals surface area contributed by atoms with Crippen LogP contribution in [0.4, 0.5) is 5.69 Å². The number of nitrogens with one attached hydrogen (secondary N) is 1. The van der Waals surface area contributed by atoms with Gasteiger partial charge in [0.2, 0.25) is 5.91 Å². The summed E-state index contributed by atoms with van der Waals surface area (Å²) in [4.78, 5) is 23.0. The zero-order valence-corrected chi connectivity index (χ0v) is 12.4. The summed E-state index contributed by atoms with van der Waals surface area (Å²) in [5, 5.41) is 2.96. The Kier molecular flexibility index (Phi) is 6.73. The fourth-order valence-corrected chi connectivity index (χ4v) is 2.15. The van der Waals surface area contributed by atoms with Crippen LogP contribution in [0.2, 0.25) is 5.02 Å². The minimum absolute atomic E-state index is 0.165. The molecular weight excluding hydrogens is 286 g/mol. The van der Waals surface area contributed by atoms with Crippen molar-refractivity contribution in [1.82, 2.24) is 0 Å². The lowest BCUT2D eigenvalue weighted by Crippen LogP contribution is -2.24. The van der Waals surface area contributed by atoms with Crippen molar-refractivity contribution >= 4 is 40.9 Å². The molecule has 0 saturated heterocycles. The van der Waals surface area contributed by atoms with E-state index in [1.807, 2.05) is 0 Å². The minimum atomic E-state index is -0.344. The first-order chi connectivity index (χ1) is 9.02. The molecule has 1 atom stereocenters. The first kappa shape index (κ1) is 15.9. The number of rotatable bonds is 6. The van der Waals surface area contributed by atoms with Crippen LogP contribution in [0.1, 0.15) is 13.8 Å². The van der Waals surface area contributed by atoms with Crippen molar-refractivity contribution in [3.05, 3.63) is 29.3 Å². The highest BCUT2D eigenvalue weighted by atomic mass is 35.5. The normalized spacial score (nSPS) is 11.7. The van der Waals surface area contributed by atoms with Gasteiger partial charge in [-0.2, -0.15) is 0 Å². The third kappa shape index (κ3) is 5.98. The highest BCUT2D eigenvalue weighted by molar-refractivity contribution is 8.01. The second-order valence-electron chi connectivity index (χ2n) is 3.76. The highest BCUT2D eigenvalue weighted by Crippen LogP contribution is 2.17. The van der Waals surface area contributed by atoms with Gasteiger partial charge in [-0.05, 0) is 32.0 Å². The van der Waals surface area contributed by atoms with Gasteiger partial charge in [-0.3, -0.25) is 9.59 Å². The Balaban J connectivity index is 2.42. The number of thioether (sulfide) groups is 1. The molecule has 0 fully saturated rings. The number of carbonyl (C=O) groups excluding carboxylic acids is 2. The van der Waals surface area contributed by atoms with E-state index in [0.29, 0.717) is 17.3 Å². The predicted octanol–water partition coefficient (Wildman–Crippen LogP) is 2.96. The number of halogens is 1. The summed E-state index contributed by atoms with van der Waals surface area (Å²) < 4.78 is 4.80. The lowest BCUT2D eigenvalue weighted by molar-refractivity contribution is -0.139. The van der Waals surface area contributed by atoms with Crippen LogP contribution in [0, 0.1) is 0 Å². The van der Waals surface area contributed by atoms with Crippen molar-refractivity contribution in [3.8, 4) is 0 Å². The second-order valence-corrected chi connectivity index (χ2v) is 5.52. The monoisotopic (exact) mass is 301 g/mol. The smallest absolute Gasteiger partial charge is 0.315 e. The minimum Gasteiger partial charge on any atom is -0.465 e. The third-order valence-electron chi connectivity index (χ3n) is 2.22. The van der Waals surface area contributed by atoms with E-state index in [0.717, 1.165) is 0 Å². The van der Waals surface area contributed by atoms with Crippen molar-refractivity contribution in [1.29, 1.82) is 0 Å². The summed E-state index contributed by atoms with van der Waals surface area (Å²) >= 11 is 7.06. The largest absolute Gasteiger partial charge is 0.465 e. The van der Waals surface area contributed by atoms with Gasteiger partial charge in [0, 0.05) is 10.7 Å². The number of esters is 1. The number of benzene rings is 1. The zero-order valence-electron chi connectivity index (χ0n) is 10.8. The Morgan fingerprint density at radius 2 is 2.21 bits per heavy atom. The molecule has 0 radical (unpaired) electrons. The summed E-state index contributed by atoms with van der Waals surface area (Å²) in [6.07, 6.45) is 0. The summed E-state index contributed by atoms with van der Waals surface area (Å²) in [6.45, 7) is 3.84. The van der Waals surface area contributed by atoms with E-state index < -0.39 is 0 Å². The molecule has 0 aliphatic heterocycles. The molecule has 1 aromatic rings. The average Bonchev–Trinajstić information content (AvgIpc) is 2.36. The van der Waals surface area contributed by atoms with Gasteiger partial charge in [-0.15, -0.1) is 11.8 Å². The van der Waals surface area contributed by atoms with Gasteiger partial charge in [0.1, 0.15) is 0 Å². The molecule has 1 aromatic carbocycles.